The molecule has 0 spiro atoms. The molecule has 2 aliphatic heterocycles. The Bertz CT molecular complexity index is 667. The molecule has 2 heterocycles. The maximum Gasteiger partial charge on any atom is 0.408 e. The van der Waals surface area contributed by atoms with Gasteiger partial charge in [0.15, 0.2) is 5.54 Å². The topological polar surface area (TPSA) is 78.9 Å². The molecule has 122 valence electrons. The Morgan fingerprint density at radius 2 is 2.30 bits per heavy atom. The number of esters is 1. The summed E-state index contributed by atoms with van der Waals surface area (Å²) in [5.74, 6) is -0.680. The summed E-state index contributed by atoms with van der Waals surface area (Å²) in [5.41, 5.74) is 1.11. The first kappa shape index (κ1) is 15.6. The number of benzene rings is 1. The number of hydrogen-bond donors (Lipinski definition) is 2. The van der Waals surface area contributed by atoms with Crippen LogP contribution in [0.5, 0.6) is 0 Å². The van der Waals surface area contributed by atoms with Gasteiger partial charge in [0.05, 0.1) is 13.7 Å². The summed E-state index contributed by atoms with van der Waals surface area (Å²) in [6, 6.07) is 5.55. The standard InChI is InChI=1S/C17H20N2O4/c1-3-11-5-4-6-14-13(11)10-19(16(21)22)17(14,15(20)23-2)12-7-8-18-9-12/h3-6,12,18H,1,7-10H2,2H3,(H,21,22). The van der Waals surface area contributed by atoms with Crippen molar-refractivity contribution in [1.29, 1.82) is 0 Å². The summed E-state index contributed by atoms with van der Waals surface area (Å²) < 4.78 is 5.06. The third-order valence-electron chi connectivity index (χ3n) is 4.96. The van der Waals surface area contributed by atoms with Gasteiger partial charge in [0, 0.05) is 12.5 Å². The SMILES string of the molecule is C=Cc1cccc2c1CN(C(=O)O)C2(C(=O)OC)C1CCNC1. The number of rotatable bonds is 3. The highest BCUT2D eigenvalue weighted by molar-refractivity contribution is 5.90. The average molecular weight is 316 g/mol. The maximum atomic E-state index is 12.8. The predicted molar refractivity (Wildman–Crippen MR) is 84.8 cm³/mol. The minimum absolute atomic E-state index is 0.160. The van der Waals surface area contributed by atoms with Crippen molar-refractivity contribution in [3.63, 3.8) is 0 Å². The average Bonchev–Trinajstić information content (AvgIpc) is 3.19. The Morgan fingerprint density at radius 3 is 2.87 bits per heavy atom. The molecule has 1 fully saturated rings. The summed E-state index contributed by atoms with van der Waals surface area (Å²) in [4.78, 5) is 26.0. The van der Waals surface area contributed by atoms with E-state index < -0.39 is 17.6 Å². The smallest absolute Gasteiger partial charge is 0.408 e. The number of hydrogen-bond acceptors (Lipinski definition) is 4. The van der Waals surface area contributed by atoms with Crippen LogP contribution in [0.2, 0.25) is 0 Å². The Morgan fingerprint density at radius 1 is 1.52 bits per heavy atom. The van der Waals surface area contributed by atoms with E-state index in [1.54, 1.807) is 6.08 Å². The molecule has 3 rings (SSSR count). The fourth-order valence-electron chi connectivity index (χ4n) is 3.97. The van der Waals surface area contributed by atoms with Crippen molar-refractivity contribution >= 4 is 18.1 Å². The van der Waals surface area contributed by atoms with Crippen LogP contribution in [0, 0.1) is 5.92 Å². The lowest BCUT2D eigenvalue weighted by Crippen LogP contribution is -2.56. The van der Waals surface area contributed by atoms with E-state index in [1.165, 1.54) is 12.0 Å². The number of carboxylic acid groups (broad SMARTS) is 1. The van der Waals surface area contributed by atoms with E-state index in [4.69, 9.17) is 4.74 Å². The zero-order chi connectivity index (χ0) is 16.6. The molecule has 1 aromatic rings. The molecule has 0 radical (unpaired) electrons. The Hall–Kier alpha value is -2.34. The molecule has 2 unspecified atom stereocenters. The zero-order valence-electron chi connectivity index (χ0n) is 13.0. The van der Waals surface area contributed by atoms with E-state index in [2.05, 4.69) is 11.9 Å². The predicted octanol–water partition coefficient (Wildman–Crippen LogP) is 1.80. The van der Waals surface area contributed by atoms with Gasteiger partial charge in [-0.2, -0.15) is 0 Å². The van der Waals surface area contributed by atoms with E-state index in [-0.39, 0.29) is 12.5 Å². The van der Waals surface area contributed by atoms with Gasteiger partial charge in [-0.05, 0) is 29.7 Å². The van der Waals surface area contributed by atoms with E-state index >= 15 is 0 Å². The molecule has 2 aliphatic rings. The molecule has 1 amide bonds. The number of carbonyl (C=O) groups excluding carboxylic acids is 1. The molecule has 2 N–H and O–H groups in total. The van der Waals surface area contributed by atoms with Crippen LogP contribution >= 0.6 is 0 Å². The van der Waals surface area contributed by atoms with Gasteiger partial charge in [0.2, 0.25) is 0 Å². The van der Waals surface area contributed by atoms with Gasteiger partial charge in [-0.1, -0.05) is 30.9 Å². The minimum atomic E-state index is -1.29. The summed E-state index contributed by atoms with van der Waals surface area (Å²) in [6.45, 7) is 5.30. The Kier molecular flexibility index (Phi) is 3.85. The highest BCUT2D eigenvalue weighted by Crippen LogP contribution is 2.48. The van der Waals surface area contributed by atoms with E-state index in [9.17, 15) is 14.7 Å². The van der Waals surface area contributed by atoms with E-state index in [1.807, 2.05) is 18.2 Å². The van der Waals surface area contributed by atoms with Crippen LogP contribution in [0.1, 0.15) is 23.1 Å². The lowest BCUT2D eigenvalue weighted by molar-refractivity contribution is -0.158. The molecular formula is C17H20N2O4. The normalized spacial score (nSPS) is 26.0. The largest absolute Gasteiger partial charge is 0.467 e. The molecular weight excluding hydrogens is 296 g/mol. The van der Waals surface area contributed by atoms with Crippen LogP contribution in [-0.4, -0.2) is 42.3 Å². The van der Waals surface area contributed by atoms with Gasteiger partial charge in [0.1, 0.15) is 0 Å². The van der Waals surface area contributed by atoms with Gasteiger partial charge < -0.3 is 15.2 Å². The second-order valence-electron chi connectivity index (χ2n) is 5.89. The van der Waals surface area contributed by atoms with Crippen LogP contribution in [0.4, 0.5) is 4.79 Å². The maximum absolute atomic E-state index is 12.8. The van der Waals surface area contributed by atoms with Gasteiger partial charge >= 0.3 is 12.1 Å². The molecule has 0 bridgehead atoms. The first-order valence-corrected chi connectivity index (χ1v) is 7.61. The first-order valence-electron chi connectivity index (χ1n) is 7.61. The second-order valence-corrected chi connectivity index (χ2v) is 5.89. The van der Waals surface area contributed by atoms with Crippen molar-refractivity contribution < 1.29 is 19.4 Å². The Labute approximate surface area is 134 Å². The monoisotopic (exact) mass is 316 g/mol. The molecule has 0 aromatic heterocycles. The van der Waals surface area contributed by atoms with E-state index in [0.717, 1.165) is 29.7 Å². The molecule has 23 heavy (non-hydrogen) atoms. The number of nitrogens with one attached hydrogen (secondary N) is 1. The second kappa shape index (κ2) is 5.70. The third kappa shape index (κ3) is 2.05. The number of fused-ring (bicyclic) bond motifs is 1. The molecule has 1 aromatic carbocycles. The third-order valence-corrected chi connectivity index (χ3v) is 4.96. The van der Waals surface area contributed by atoms with Crippen LogP contribution < -0.4 is 5.32 Å². The number of methoxy groups -OCH3 is 1. The molecule has 2 atom stereocenters. The summed E-state index contributed by atoms with van der Waals surface area (Å²) in [7, 11) is 1.31. The van der Waals surface area contributed by atoms with Crippen molar-refractivity contribution in [2.24, 2.45) is 5.92 Å². The minimum Gasteiger partial charge on any atom is -0.467 e. The van der Waals surface area contributed by atoms with Crippen molar-refractivity contribution in [2.75, 3.05) is 20.2 Å². The molecule has 6 nitrogen and oxygen atoms in total. The first-order chi connectivity index (χ1) is 11.1. The molecule has 0 aliphatic carbocycles. The van der Waals surface area contributed by atoms with Crippen molar-refractivity contribution in [2.45, 2.75) is 18.5 Å². The van der Waals surface area contributed by atoms with Gasteiger partial charge in [-0.15, -0.1) is 0 Å². The molecule has 6 heteroatoms. The summed E-state index contributed by atoms with van der Waals surface area (Å²) >= 11 is 0. The quantitative estimate of drug-likeness (QED) is 0.831. The van der Waals surface area contributed by atoms with E-state index in [0.29, 0.717) is 6.54 Å². The van der Waals surface area contributed by atoms with Gasteiger partial charge in [-0.25, -0.2) is 9.59 Å². The number of nitrogens with zero attached hydrogens (tertiary/aromatic N) is 1. The zero-order valence-corrected chi connectivity index (χ0v) is 13.0. The van der Waals surface area contributed by atoms with Crippen molar-refractivity contribution in [3.8, 4) is 0 Å². The van der Waals surface area contributed by atoms with Crippen LogP contribution in [0.15, 0.2) is 24.8 Å². The van der Waals surface area contributed by atoms with Crippen LogP contribution in [0.25, 0.3) is 6.08 Å². The van der Waals surface area contributed by atoms with Crippen LogP contribution in [-0.2, 0) is 21.6 Å². The highest BCUT2D eigenvalue weighted by atomic mass is 16.5. The molecule has 1 saturated heterocycles. The summed E-state index contributed by atoms with van der Waals surface area (Å²) in [5, 5.41) is 13.0. The Balaban J connectivity index is 2.28. The van der Waals surface area contributed by atoms with Crippen molar-refractivity contribution in [3.05, 3.63) is 41.5 Å². The summed E-state index contributed by atoms with van der Waals surface area (Å²) in [6.07, 6.45) is 1.30. The van der Waals surface area contributed by atoms with Gasteiger partial charge in [-0.3, -0.25) is 4.90 Å². The highest BCUT2D eigenvalue weighted by Gasteiger charge is 2.59. The molecule has 0 saturated carbocycles. The van der Waals surface area contributed by atoms with Gasteiger partial charge in [0.25, 0.3) is 0 Å². The van der Waals surface area contributed by atoms with Crippen molar-refractivity contribution in [1.82, 2.24) is 10.2 Å². The lowest BCUT2D eigenvalue weighted by atomic mass is 9.76. The number of amides is 1. The van der Waals surface area contributed by atoms with Crippen LogP contribution in [0.3, 0.4) is 0 Å². The fourth-order valence-corrected chi connectivity index (χ4v) is 3.97. The number of carbonyl (C=O) groups is 2. The fraction of sp³-hybridized carbons (Fsp3) is 0.412. The lowest BCUT2D eigenvalue weighted by Gasteiger charge is -2.39. The number of ether oxygens (including phenoxy) is 1.